The number of nitrogens with one attached hydrogen (secondary N) is 2. The van der Waals surface area contributed by atoms with Crippen molar-refractivity contribution in [3.05, 3.63) is 59.9 Å². The molecule has 1 aromatic carbocycles. The lowest BCUT2D eigenvalue weighted by molar-refractivity contribution is 0.0602. The fraction of sp³-hybridized carbons (Fsp3) is 0.250. The van der Waals surface area contributed by atoms with Gasteiger partial charge in [-0.05, 0) is 43.3 Å². The fourth-order valence-corrected chi connectivity index (χ4v) is 4.03. The Bertz CT molecular complexity index is 950. The second kappa shape index (κ2) is 9.48. The number of carbonyl (C=O) groups excluding carboxylic acids is 1. The Morgan fingerprint density at radius 3 is 2.75 bits per heavy atom. The van der Waals surface area contributed by atoms with Gasteiger partial charge in [-0.15, -0.1) is 11.3 Å². The summed E-state index contributed by atoms with van der Waals surface area (Å²) in [6.07, 6.45) is 2.68. The third kappa shape index (κ3) is 4.96. The van der Waals surface area contributed by atoms with Crippen LogP contribution in [0.3, 0.4) is 0 Å². The molecule has 0 amide bonds. The molecule has 2 N–H and O–H groups in total. The number of aryl methyl sites for hydroxylation is 2. The molecule has 146 valence electrons. The van der Waals surface area contributed by atoms with Crippen LogP contribution in [0, 0.1) is 6.92 Å². The van der Waals surface area contributed by atoms with Crippen LogP contribution in [0.2, 0.25) is 0 Å². The SMILES string of the molecule is COC(=O)c1cc(-c2ccccc2)sc1NC(=S)NCCCn1nccc1C. The normalized spacial score (nSPS) is 10.5. The van der Waals surface area contributed by atoms with Crippen LogP contribution in [0.25, 0.3) is 10.4 Å². The van der Waals surface area contributed by atoms with Gasteiger partial charge in [0.25, 0.3) is 0 Å². The zero-order valence-electron chi connectivity index (χ0n) is 15.8. The maximum atomic E-state index is 12.2. The van der Waals surface area contributed by atoms with Crippen LogP contribution in [0.1, 0.15) is 22.5 Å². The number of thiophene rings is 1. The number of rotatable bonds is 7. The molecule has 0 bridgehead atoms. The van der Waals surface area contributed by atoms with Crippen molar-refractivity contribution < 1.29 is 9.53 Å². The highest BCUT2D eigenvalue weighted by Crippen LogP contribution is 2.35. The molecule has 3 rings (SSSR count). The van der Waals surface area contributed by atoms with Gasteiger partial charge in [0.2, 0.25) is 0 Å². The van der Waals surface area contributed by atoms with Crippen molar-refractivity contribution in [3.63, 3.8) is 0 Å². The molecule has 0 atom stereocenters. The Kier molecular flexibility index (Phi) is 6.78. The van der Waals surface area contributed by atoms with Crippen LogP contribution in [0.5, 0.6) is 0 Å². The maximum Gasteiger partial charge on any atom is 0.340 e. The summed E-state index contributed by atoms with van der Waals surface area (Å²) in [7, 11) is 1.37. The summed E-state index contributed by atoms with van der Waals surface area (Å²) in [5.41, 5.74) is 2.65. The minimum Gasteiger partial charge on any atom is -0.465 e. The molecule has 0 aliphatic rings. The van der Waals surface area contributed by atoms with Gasteiger partial charge >= 0.3 is 5.97 Å². The number of nitrogens with zero attached hydrogens (tertiary/aromatic N) is 2. The number of thiocarbonyl (C=S) groups is 1. The summed E-state index contributed by atoms with van der Waals surface area (Å²) in [5.74, 6) is -0.391. The van der Waals surface area contributed by atoms with E-state index in [0.717, 1.165) is 29.1 Å². The summed E-state index contributed by atoms with van der Waals surface area (Å²) >= 11 is 6.86. The largest absolute Gasteiger partial charge is 0.465 e. The number of anilines is 1. The lowest BCUT2D eigenvalue weighted by Crippen LogP contribution is -2.30. The van der Waals surface area contributed by atoms with Crippen LogP contribution in [-0.2, 0) is 11.3 Å². The molecule has 0 unspecified atom stereocenters. The van der Waals surface area contributed by atoms with E-state index in [1.165, 1.54) is 18.4 Å². The van der Waals surface area contributed by atoms with Gasteiger partial charge in [0, 0.05) is 29.9 Å². The predicted molar refractivity (Wildman–Crippen MR) is 117 cm³/mol. The summed E-state index contributed by atoms with van der Waals surface area (Å²) in [6, 6.07) is 13.7. The van der Waals surface area contributed by atoms with E-state index in [0.29, 0.717) is 22.2 Å². The van der Waals surface area contributed by atoms with Gasteiger partial charge in [0.05, 0.1) is 12.7 Å². The quantitative estimate of drug-likeness (QED) is 0.345. The molecule has 2 heterocycles. The summed E-state index contributed by atoms with van der Waals surface area (Å²) in [4.78, 5) is 13.1. The Morgan fingerprint density at radius 2 is 2.07 bits per heavy atom. The van der Waals surface area contributed by atoms with E-state index in [1.807, 2.05) is 54.1 Å². The van der Waals surface area contributed by atoms with Crippen LogP contribution in [0.4, 0.5) is 5.00 Å². The first-order chi connectivity index (χ1) is 13.6. The molecule has 8 heteroatoms. The molecule has 0 aliphatic heterocycles. The molecule has 0 saturated carbocycles. The number of carbonyl (C=O) groups is 1. The van der Waals surface area contributed by atoms with Gasteiger partial charge in [-0.3, -0.25) is 4.68 Å². The first-order valence-electron chi connectivity index (χ1n) is 8.89. The van der Waals surface area contributed by atoms with Crippen molar-refractivity contribution in [2.45, 2.75) is 19.9 Å². The highest BCUT2D eigenvalue weighted by atomic mass is 32.1. The van der Waals surface area contributed by atoms with Crippen LogP contribution >= 0.6 is 23.6 Å². The second-order valence-corrected chi connectivity index (χ2v) is 7.60. The van der Waals surface area contributed by atoms with Crippen LogP contribution in [0.15, 0.2) is 48.7 Å². The number of benzene rings is 1. The van der Waals surface area contributed by atoms with Crippen molar-refractivity contribution >= 4 is 39.6 Å². The predicted octanol–water partition coefficient (Wildman–Crippen LogP) is 4.08. The number of hydrogen-bond acceptors (Lipinski definition) is 5. The Hall–Kier alpha value is -2.71. The van der Waals surface area contributed by atoms with Crippen molar-refractivity contribution in [2.24, 2.45) is 0 Å². The smallest absolute Gasteiger partial charge is 0.340 e. The third-order valence-electron chi connectivity index (χ3n) is 4.18. The minimum absolute atomic E-state index is 0.391. The molecular weight excluding hydrogens is 392 g/mol. The molecule has 2 aromatic heterocycles. The van der Waals surface area contributed by atoms with Crippen molar-refractivity contribution in [1.82, 2.24) is 15.1 Å². The highest BCUT2D eigenvalue weighted by Gasteiger charge is 2.18. The van der Waals surface area contributed by atoms with E-state index in [2.05, 4.69) is 15.7 Å². The molecular formula is C20H22N4O2S2. The van der Waals surface area contributed by atoms with Crippen molar-refractivity contribution in [3.8, 4) is 10.4 Å². The molecule has 6 nitrogen and oxygen atoms in total. The first-order valence-corrected chi connectivity index (χ1v) is 10.1. The van der Waals surface area contributed by atoms with Gasteiger partial charge in [-0.2, -0.15) is 5.10 Å². The third-order valence-corrected chi connectivity index (χ3v) is 5.53. The van der Waals surface area contributed by atoms with E-state index in [4.69, 9.17) is 17.0 Å². The standard InChI is InChI=1S/C20H22N4O2S2/c1-14-9-11-22-24(14)12-6-10-21-20(27)23-18-16(19(25)26-2)13-17(28-18)15-7-4-3-5-8-15/h3-5,7-9,11,13H,6,10,12H2,1-2H3,(H2,21,23,27). The number of esters is 1. The van der Waals surface area contributed by atoms with E-state index in [-0.39, 0.29) is 0 Å². The van der Waals surface area contributed by atoms with E-state index in [9.17, 15) is 4.79 Å². The second-order valence-electron chi connectivity index (χ2n) is 6.14. The van der Waals surface area contributed by atoms with Gasteiger partial charge in [0.1, 0.15) is 5.00 Å². The highest BCUT2D eigenvalue weighted by molar-refractivity contribution is 7.80. The maximum absolute atomic E-state index is 12.2. The van der Waals surface area contributed by atoms with Gasteiger partial charge in [-0.1, -0.05) is 30.3 Å². The number of hydrogen-bond donors (Lipinski definition) is 2. The Balaban J connectivity index is 1.61. The molecule has 0 saturated heterocycles. The Morgan fingerprint density at radius 1 is 1.29 bits per heavy atom. The van der Waals surface area contributed by atoms with E-state index >= 15 is 0 Å². The number of aromatic nitrogens is 2. The van der Waals surface area contributed by atoms with Gasteiger partial charge in [0.15, 0.2) is 5.11 Å². The molecule has 28 heavy (non-hydrogen) atoms. The summed E-state index contributed by atoms with van der Waals surface area (Å²) in [5, 5.41) is 11.7. The van der Waals surface area contributed by atoms with Crippen molar-refractivity contribution in [1.29, 1.82) is 0 Å². The van der Waals surface area contributed by atoms with Crippen molar-refractivity contribution in [2.75, 3.05) is 19.0 Å². The molecule has 0 spiro atoms. The average molecular weight is 415 g/mol. The molecule has 0 fully saturated rings. The first kappa shape index (κ1) is 20.0. The van der Waals surface area contributed by atoms with Crippen LogP contribution in [-0.4, -0.2) is 34.5 Å². The molecule has 3 aromatic rings. The van der Waals surface area contributed by atoms with Gasteiger partial charge < -0.3 is 15.4 Å². The zero-order valence-corrected chi connectivity index (χ0v) is 17.4. The monoisotopic (exact) mass is 414 g/mol. The summed E-state index contributed by atoms with van der Waals surface area (Å²) in [6.45, 7) is 3.55. The Labute approximate surface area is 173 Å². The molecule has 0 aliphatic carbocycles. The number of methoxy groups -OCH3 is 1. The fourth-order valence-electron chi connectivity index (χ4n) is 2.70. The zero-order chi connectivity index (χ0) is 19.9. The van der Waals surface area contributed by atoms with Crippen LogP contribution < -0.4 is 10.6 Å². The topological polar surface area (TPSA) is 68.2 Å². The van der Waals surface area contributed by atoms with E-state index in [1.54, 1.807) is 6.20 Å². The lowest BCUT2D eigenvalue weighted by Gasteiger charge is -2.10. The number of ether oxygens (including phenoxy) is 1. The average Bonchev–Trinajstić information content (AvgIpc) is 3.31. The molecule has 0 radical (unpaired) electrons. The minimum atomic E-state index is -0.391. The summed E-state index contributed by atoms with van der Waals surface area (Å²) < 4.78 is 6.87. The lowest BCUT2D eigenvalue weighted by atomic mass is 10.1. The van der Waals surface area contributed by atoms with Gasteiger partial charge in [-0.25, -0.2) is 4.79 Å². The van der Waals surface area contributed by atoms with E-state index < -0.39 is 5.97 Å².